The van der Waals surface area contributed by atoms with Crippen LogP contribution in [0.4, 0.5) is 0 Å². The molecule has 0 bridgehead atoms. The third kappa shape index (κ3) is 5.10. The molecule has 0 saturated heterocycles. The lowest BCUT2D eigenvalue weighted by atomic mass is 9.80. The van der Waals surface area contributed by atoms with Gasteiger partial charge in [0.15, 0.2) is 0 Å². The molecule has 10 aromatic carbocycles. The Labute approximate surface area is 352 Å². The summed E-state index contributed by atoms with van der Waals surface area (Å²) >= 11 is 0. The van der Waals surface area contributed by atoms with Crippen LogP contribution in [0.3, 0.4) is 0 Å². The Kier molecular flexibility index (Phi) is 7.42. The van der Waals surface area contributed by atoms with Crippen LogP contribution in [0, 0.1) is 0 Å². The van der Waals surface area contributed by atoms with E-state index < -0.39 is 0 Å². The van der Waals surface area contributed by atoms with Gasteiger partial charge < -0.3 is 0 Å². The van der Waals surface area contributed by atoms with E-state index in [1.807, 2.05) is 0 Å². The van der Waals surface area contributed by atoms with E-state index in [1.54, 1.807) is 0 Å². The maximum absolute atomic E-state index is 2.46. The highest BCUT2D eigenvalue weighted by Crippen LogP contribution is 2.53. The van der Waals surface area contributed by atoms with Gasteiger partial charge in [0, 0.05) is 10.8 Å². The lowest BCUT2D eigenvalue weighted by Crippen LogP contribution is -2.15. The molecule has 0 radical (unpaired) electrons. The Morgan fingerprint density at radius 1 is 0.233 bits per heavy atom. The van der Waals surface area contributed by atoms with Gasteiger partial charge in [0.05, 0.1) is 0 Å². The van der Waals surface area contributed by atoms with Crippen LogP contribution >= 0.6 is 0 Å². The smallest absolute Gasteiger partial charge is 0.0159 e. The number of rotatable bonds is 4. The summed E-state index contributed by atoms with van der Waals surface area (Å²) in [6, 6.07) is 73.0. The Morgan fingerprint density at radius 3 is 1.28 bits per heavy atom. The maximum atomic E-state index is 2.46. The Balaban J connectivity index is 0.891. The molecule has 0 unspecified atom stereocenters. The van der Waals surface area contributed by atoms with Gasteiger partial charge in [-0.05, 0) is 158 Å². The molecule has 10 aromatic rings. The fourth-order valence-electron chi connectivity index (χ4n) is 10.8. The number of hydrogen-bond acceptors (Lipinski definition) is 0. The van der Waals surface area contributed by atoms with Crippen LogP contribution in [0.5, 0.6) is 0 Å². The van der Waals surface area contributed by atoms with Gasteiger partial charge in [-0.1, -0.05) is 185 Å². The normalized spacial score (nSPS) is 14.3. The fourth-order valence-corrected chi connectivity index (χ4v) is 10.8. The molecule has 0 nitrogen and oxygen atoms in total. The standard InChI is InChI=1S/C60H44/c1-59(2)55-22-10-9-21-49(55)50-28-25-42(34-56(50)59)43-26-30-52-51-29-24-41(33-57(51)60(3,4)58(52)35-43)39-15-11-14-38(31-39)40-16-12-17-44(32-40)53-36-54-45-18-6-5-13-37(45)23-27-48(54)46-19-7-8-20-47(46)53/h5-36H,1-4H3. The van der Waals surface area contributed by atoms with Gasteiger partial charge in [-0.15, -0.1) is 0 Å². The summed E-state index contributed by atoms with van der Waals surface area (Å²) in [5, 5.41) is 7.73. The second-order valence-corrected chi connectivity index (χ2v) is 18.1. The van der Waals surface area contributed by atoms with Crippen molar-refractivity contribution in [1.82, 2.24) is 0 Å². The molecule has 0 atom stereocenters. The van der Waals surface area contributed by atoms with Crippen LogP contribution in [0.15, 0.2) is 194 Å². The largest absolute Gasteiger partial charge is 0.0619 e. The summed E-state index contributed by atoms with van der Waals surface area (Å²) in [6.45, 7) is 9.52. The molecule has 0 heteroatoms. The van der Waals surface area contributed by atoms with E-state index in [1.165, 1.54) is 121 Å². The Bertz CT molecular complexity index is 3430. The second kappa shape index (κ2) is 12.7. The lowest BCUT2D eigenvalue weighted by molar-refractivity contribution is 0.659. The van der Waals surface area contributed by atoms with Crippen molar-refractivity contribution in [2.24, 2.45) is 0 Å². The average molecular weight is 765 g/mol. The van der Waals surface area contributed by atoms with Crippen molar-refractivity contribution in [3.63, 3.8) is 0 Å². The number of hydrogen-bond donors (Lipinski definition) is 0. The third-order valence-electron chi connectivity index (χ3n) is 14.1. The van der Waals surface area contributed by atoms with E-state index in [9.17, 15) is 0 Å². The zero-order valence-electron chi connectivity index (χ0n) is 34.5. The quantitative estimate of drug-likeness (QED) is 0.157. The first-order valence-corrected chi connectivity index (χ1v) is 21.3. The summed E-state index contributed by atoms with van der Waals surface area (Å²) in [6.07, 6.45) is 0. The molecule has 2 aliphatic carbocycles. The predicted octanol–water partition coefficient (Wildman–Crippen LogP) is 16.4. The summed E-state index contributed by atoms with van der Waals surface area (Å²) in [4.78, 5) is 0. The van der Waals surface area contributed by atoms with Crippen molar-refractivity contribution in [2.45, 2.75) is 38.5 Å². The van der Waals surface area contributed by atoms with Crippen LogP contribution in [0.1, 0.15) is 49.9 Å². The molecule has 60 heavy (non-hydrogen) atoms. The first-order valence-electron chi connectivity index (χ1n) is 21.3. The minimum atomic E-state index is -0.136. The van der Waals surface area contributed by atoms with Gasteiger partial charge in [0.25, 0.3) is 0 Å². The molecule has 0 spiro atoms. The summed E-state index contributed by atoms with van der Waals surface area (Å²) < 4.78 is 0. The summed E-state index contributed by atoms with van der Waals surface area (Å²) in [5.41, 5.74) is 20.9. The van der Waals surface area contributed by atoms with Crippen LogP contribution in [0.2, 0.25) is 0 Å². The van der Waals surface area contributed by atoms with Crippen LogP contribution in [-0.4, -0.2) is 0 Å². The third-order valence-corrected chi connectivity index (χ3v) is 14.1. The van der Waals surface area contributed by atoms with Crippen LogP contribution in [-0.2, 0) is 10.8 Å². The first-order chi connectivity index (χ1) is 29.2. The highest BCUT2D eigenvalue weighted by molar-refractivity contribution is 6.21. The molecule has 0 aliphatic heterocycles. The minimum absolute atomic E-state index is 0.0213. The van der Waals surface area contributed by atoms with E-state index in [-0.39, 0.29) is 10.8 Å². The number of fused-ring (bicyclic) bond motifs is 11. The molecular weight excluding hydrogens is 721 g/mol. The highest BCUT2D eigenvalue weighted by Gasteiger charge is 2.37. The van der Waals surface area contributed by atoms with E-state index in [4.69, 9.17) is 0 Å². The van der Waals surface area contributed by atoms with Crippen LogP contribution < -0.4 is 0 Å². The predicted molar refractivity (Wildman–Crippen MR) is 256 cm³/mol. The van der Waals surface area contributed by atoms with Crippen molar-refractivity contribution in [3.05, 3.63) is 216 Å². The fraction of sp³-hybridized carbons (Fsp3) is 0.100. The van der Waals surface area contributed by atoms with E-state index >= 15 is 0 Å². The van der Waals surface area contributed by atoms with Gasteiger partial charge in [-0.25, -0.2) is 0 Å². The van der Waals surface area contributed by atoms with Crippen LogP contribution in [0.25, 0.3) is 99.1 Å². The van der Waals surface area contributed by atoms with Crippen molar-refractivity contribution in [2.75, 3.05) is 0 Å². The SMILES string of the molecule is CC1(C)c2ccccc2-c2ccc(-c3ccc4c(c3)C(C)(C)c3cc(-c5cccc(-c6cccc(-c7cc8c9ccccc9ccc8c8ccccc78)c6)c5)ccc3-4)cc21. The summed E-state index contributed by atoms with van der Waals surface area (Å²) in [7, 11) is 0. The topological polar surface area (TPSA) is 0 Å². The second-order valence-electron chi connectivity index (χ2n) is 18.1. The molecule has 0 N–H and O–H groups in total. The van der Waals surface area contributed by atoms with Gasteiger partial charge in [0.1, 0.15) is 0 Å². The van der Waals surface area contributed by atoms with Crippen molar-refractivity contribution < 1.29 is 0 Å². The monoisotopic (exact) mass is 764 g/mol. The van der Waals surface area contributed by atoms with Crippen molar-refractivity contribution >= 4 is 32.3 Å². The molecule has 284 valence electrons. The zero-order valence-corrected chi connectivity index (χ0v) is 34.5. The van der Waals surface area contributed by atoms with Crippen molar-refractivity contribution in [1.29, 1.82) is 0 Å². The van der Waals surface area contributed by atoms with Gasteiger partial charge in [-0.3, -0.25) is 0 Å². The minimum Gasteiger partial charge on any atom is -0.0619 e. The molecule has 12 rings (SSSR count). The Morgan fingerprint density at radius 2 is 0.667 bits per heavy atom. The van der Waals surface area contributed by atoms with Crippen molar-refractivity contribution in [3.8, 4) is 66.8 Å². The number of benzene rings is 10. The maximum Gasteiger partial charge on any atom is 0.0159 e. The van der Waals surface area contributed by atoms with E-state index in [0.717, 1.165) is 0 Å². The van der Waals surface area contributed by atoms with E-state index in [2.05, 4.69) is 222 Å². The van der Waals surface area contributed by atoms with Gasteiger partial charge >= 0.3 is 0 Å². The molecular formula is C60H44. The van der Waals surface area contributed by atoms with Gasteiger partial charge in [-0.2, -0.15) is 0 Å². The van der Waals surface area contributed by atoms with Gasteiger partial charge in [0.2, 0.25) is 0 Å². The molecule has 0 aromatic heterocycles. The average Bonchev–Trinajstić information content (AvgIpc) is 3.67. The molecule has 0 saturated carbocycles. The van der Waals surface area contributed by atoms with E-state index in [0.29, 0.717) is 0 Å². The zero-order chi connectivity index (χ0) is 40.3. The summed E-state index contributed by atoms with van der Waals surface area (Å²) in [5.74, 6) is 0. The molecule has 0 fully saturated rings. The highest BCUT2D eigenvalue weighted by atomic mass is 14.4. The molecule has 0 amide bonds. The molecule has 0 heterocycles. The lowest BCUT2D eigenvalue weighted by Gasteiger charge is -2.23. The first kappa shape index (κ1) is 35.0. The molecule has 2 aliphatic rings. The Hall–Kier alpha value is -7.02.